The predicted octanol–water partition coefficient (Wildman–Crippen LogP) is -5.66. The maximum atomic E-state index is 2.37. The Morgan fingerprint density at radius 3 is 2.21 bits per heavy atom. The van der Waals surface area contributed by atoms with Gasteiger partial charge in [-0.3, -0.25) is 0 Å². The molecular weight excluding hydrogens is 318 g/mol. The minimum absolute atomic E-state index is 0. The minimum Gasteiger partial charge on any atom is -1.00 e. The van der Waals surface area contributed by atoms with Crippen molar-refractivity contribution >= 4 is 0 Å². The zero-order valence-corrected chi connectivity index (χ0v) is 13.3. The van der Waals surface area contributed by atoms with Gasteiger partial charge in [0.2, 0.25) is 0 Å². The van der Waals surface area contributed by atoms with Crippen LogP contribution in [0.1, 0.15) is 39.5 Å². The van der Waals surface area contributed by atoms with E-state index in [1.807, 2.05) is 0 Å². The van der Waals surface area contributed by atoms with Crippen molar-refractivity contribution in [3.05, 3.63) is 20.5 Å². The number of rotatable bonds is 3. The number of hydrogen-bond donors (Lipinski definition) is 0. The Morgan fingerprint density at radius 1 is 1.29 bits per heavy atom. The van der Waals surface area contributed by atoms with Crippen LogP contribution in [0.2, 0.25) is 0 Å². The van der Waals surface area contributed by atoms with Gasteiger partial charge in [0.15, 0.2) is 0 Å². The zero-order valence-electron chi connectivity index (χ0n) is 8.54. The Hall–Kier alpha value is 1.23. The molecule has 0 aliphatic heterocycles. The topological polar surface area (TPSA) is 0 Å². The average molecular weight is 333 g/mol. The van der Waals surface area contributed by atoms with Crippen LogP contribution in [0, 0.1) is 0 Å². The minimum atomic E-state index is 0. The van der Waals surface area contributed by atoms with E-state index in [9.17, 15) is 0 Å². The molecule has 0 atom stereocenters. The molecule has 0 unspecified atom stereocenters. The van der Waals surface area contributed by atoms with E-state index in [0.717, 1.165) is 0 Å². The van der Waals surface area contributed by atoms with Gasteiger partial charge in [-0.1, -0.05) is 0 Å². The van der Waals surface area contributed by atoms with E-state index in [2.05, 4.69) is 19.9 Å². The molecule has 0 radical (unpaired) electrons. The van der Waals surface area contributed by atoms with Crippen LogP contribution in [-0.2, 0) is 24.7 Å². The van der Waals surface area contributed by atoms with Crippen molar-refractivity contribution < 1.29 is 61.9 Å². The van der Waals surface area contributed by atoms with Crippen molar-refractivity contribution in [2.45, 2.75) is 39.5 Å². The summed E-state index contributed by atoms with van der Waals surface area (Å²) in [6.45, 7) is 4.50. The maximum absolute atomic E-state index is 2.37. The third-order valence-electron chi connectivity index (χ3n) is 2.23. The fourth-order valence-electron chi connectivity index (χ4n) is 1.38. The second kappa shape index (κ2) is 10.7. The van der Waals surface area contributed by atoms with Gasteiger partial charge in [0.1, 0.15) is 0 Å². The van der Waals surface area contributed by atoms with Crippen molar-refractivity contribution in [1.82, 2.24) is 0 Å². The first-order valence-electron chi connectivity index (χ1n) is 4.36. The smallest absolute Gasteiger partial charge is 1.00 e. The molecule has 0 saturated carbocycles. The van der Waals surface area contributed by atoms with Gasteiger partial charge in [-0.25, -0.2) is 0 Å². The number of allylic oxidation sites excluding steroid dienone is 4. The molecule has 0 aromatic carbocycles. The quantitative estimate of drug-likeness (QED) is 0.483. The van der Waals surface area contributed by atoms with Gasteiger partial charge in [-0.15, -0.1) is 0 Å². The van der Waals surface area contributed by atoms with Crippen molar-refractivity contribution in [3.63, 3.8) is 0 Å². The van der Waals surface area contributed by atoms with Gasteiger partial charge >= 0.3 is 84.8 Å². The van der Waals surface area contributed by atoms with Gasteiger partial charge < -0.3 is 37.2 Å². The number of halogens is 3. The Bertz CT molecular complexity index is 209. The summed E-state index contributed by atoms with van der Waals surface area (Å²) >= 11 is 1.60. The largest absolute Gasteiger partial charge is 1.00 e. The van der Waals surface area contributed by atoms with E-state index in [1.54, 1.807) is 33.6 Å². The summed E-state index contributed by atoms with van der Waals surface area (Å²) in [6.07, 6.45) is 7.65. The molecule has 0 heterocycles. The third-order valence-corrected chi connectivity index (χ3v) is 4.07. The van der Waals surface area contributed by atoms with E-state index in [0.29, 0.717) is 0 Å². The molecule has 80 valence electrons. The normalized spacial score (nSPS) is 13.9. The molecule has 0 saturated heterocycles. The van der Waals surface area contributed by atoms with Crippen LogP contribution in [0.3, 0.4) is 0 Å². The van der Waals surface area contributed by atoms with Crippen LogP contribution in [0.25, 0.3) is 0 Å². The number of unbranched alkanes of at least 4 members (excludes halogenated alkanes) is 1. The van der Waals surface area contributed by atoms with Crippen LogP contribution >= 0.6 is 0 Å². The summed E-state index contributed by atoms with van der Waals surface area (Å²) in [5.74, 6) is 0. The molecule has 14 heavy (non-hydrogen) atoms. The molecule has 0 nitrogen and oxygen atoms in total. The molecule has 1 aliphatic carbocycles. The van der Waals surface area contributed by atoms with Gasteiger partial charge in [0.05, 0.1) is 0 Å². The molecule has 0 aromatic rings. The van der Waals surface area contributed by atoms with E-state index in [-0.39, 0.29) is 37.2 Å². The first-order valence-corrected chi connectivity index (χ1v) is 5.59. The van der Waals surface area contributed by atoms with Gasteiger partial charge in [-0.05, 0) is 0 Å². The summed E-state index contributed by atoms with van der Waals surface area (Å²) in [5, 5.41) is 0. The van der Waals surface area contributed by atoms with Crippen LogP contribution in [-0.4, -0.2) is 0 Å². The molecule has 0 N–H and O–H groups in total. The monoisotopic (exact) mass is 330 g/mol. The fourth-order valence-corrected chi connectivity index (χ4v) is 2.19. The average Bonchev–Trinajstić information content (AvgIpc) is 2.31. The Labute approximate surface area is 121 Å². The first-order chi connectivity index (χ1) is 5.25. The molecular formula is C10H15Cl3Zr. The zero-order chi connectivity index (χ0) is 8.27. The van der Waals surface area contributed by atoms with E-state index in [4.69, 9.17) is 0 Å². The molecule has 0 aromatic heterocycles. The van der Waals surface area contributed by atoms with Gasteiger partial charge in [0, 0.05) is 0 Å². The van der Waals surface area contributed by atoms with Crippen LogP contribution < -0.4 is 37.2 Å². The van der Waals surface area contributed by atoms with E-state index in [1.165, 1.54) is 31.3 Å². The summed E-state index contributed by atoms with van der Waals surface area (Å²) in [4.78, 5) is 0. The summed E-state index contributed by atoms with van der Waals surface area (Å²) in [6, 6.07) is 0. The second-order valence-electron chi connectivity index (χ2n) is 3.17. The molecule has 1 aliphatic rings. The SMILES string of the molecule is CCCCC1=[C]([Zr+3])C(C)=CC1.[Cl-].[Cl-].[Cl-]. The maximum Gasteiger partial charge on any atom is -1.00 e. The van der Waals surface area contributed by atoms with Crippen LogP contribution in [0.15, 0.2) is 20.5 Å². The Morgan fingerprint density at radius 2 is 1.86 bits per heavy atom. The van der Waals surface area contributed by atoms with Crippen molar-refractivity contribution in [2.75, 3.05) is 0 Å². The van der Waals surface area contributed by atoms with Crippen LogP contribution in [0.4, 0.5) is 0 Å². The fraction of sp³-hybridized carbons (Fsp3) is 0.600. The summed E-state index contributed by atoms with van der Waals surface area (Å²) in [5.41, 5.74) is 3.25. The Balaban J connectivity index is -0.000000403. The van der Waals surface area contributed by atoms with Crippen LogP contribution in [0.5, 0.6) is 0 Å². The molecule has 1 rings (SSSR count). The summed E-state index contributed by atoms with van der Waals surface area (Å²) in [7, 11) is 0. The van der Waals surface area contributed by atoms with Crippen molar-refractivity contribution in [2.24, 2.45) is 0 Å². The van der Waals surface area contributed by atoms with Crippen molar-refractivity contribution in [1.29, 1.82) is 0 Å². The third kappa shape index (κ3) is 5.96. The molecule has 0 amide bonds. The first kappa shape index (κ1) is 20.6. The molecule has 0 fully saturated rings. The number of hydrogen-bond acceptors (Lipinski definition) is 0. The second-order valence-corrected chi connectivity index (χ2v) is 4.40. The Kier molecular flexibility index (Phi) is 15.8. The predicted molar refractivity (Wildman–Crippen MR) is 44.9 cm³/mol. The molecule has 0 bridgehead atoms. The van der Waals surface area contributed by atoms with Gasteiger partial charge in [0.25, 0.3) is 0 Å². The molecule has 4 heteroatoms. The van der Waals surface area contributed by atoms with E-state index < -0.39 is 0 Å². The van der Waals surface area contributed by atoms with E-state index >= 15 is 0 Å². The van der Waals surface area contributed by atoms with Crippen molar-refractivity contribution in [3.8, 4) is 0 Å². The summed E-state index contributed by atoms with van der Waals surface area (Å²) < 4.78 is 1.64. The molecule has 0 spiro atoms. The standard InChI is InChI=1S/C10H15.3ClH.Zr/c1-3-4-5-10-7-6-9(2)8-10;;;;/h6H,3-5,7H2,1-2H3;3*1H;/q;;;;+3/p-3. The van der Waals surface area contributed by atoms with Gasteiger partial charge in [-0.2, -0.15) is 0 Å².